The van der Waals surface area contributed by atoms with Crippen LogP contribution in [-0.4, -0.2) is 14.9 Å². The molecule has 0 aliphatic carbocycles. The minimum Gasteiger partial charge on any atom is -0.390 e. The van der Waals surface area contributed by atoms with Gasteiger partial charge in [0.05, 0.1) is 12.3 Å². The second-order valence-electron chi connectivity index (χ2n) is 3.21. The molecule has 1 aromatic heterocycles. The summed E-state index contributed by atoms with van der Waals surface area (Å²) in [7, 11) is 0. The standard InChI is InChI=1S/C11H9ClN2O2/c12-8-1-3-9(4-2-8)14-6-5-11(16)10(7-15)13-14/h1-6,15H,7H2. The summed E-state index contributed by atoms with van der Waals surface area (Å²) >= 11 is 5.76. The molecule has 0 fully saturated rings. The van der Waals surface area contributed by atoms with Gasteiger partial charge in [-0.2, -0.15) is 5.10 Å². The molecule has 1 heterocycles. The number of benzene rings is 1. The van der Waals surface area contributed by atoms with Crippen molar-refractivity contribution >= 4 is 11.6 Å². The average molecular weight is 237 g/mol. The molecule has 4 nitrogen and oxygen atoms in total. The predicted octanol–water partition coefficient (Wildman–Crippen LogP) is 1.38. The molecule has 0 unspecified atom stereocenters. The Labute approximate surface area is 96.7 Å². The number of hydrogen-bond donors (Lipinski definition) is 1. The van der Waals surface area contributed by atoms with Gasteiger partial charge in [-0.15, -0.1) is 0 Å². The largest absolute Gasteiger partial charge is 0.390 e. The van der Waals surface area contributed by atoms with Crippen molar-refractivity contribution in [3.63, 3.8) is 0 Å². The van der Waals surface area contributed by atoms with E-state index in [9.17, 15) is 4.79 Å². The van der Waals surface area contributed by atoms with E-state index in [0.29, 0.717) is 5.02 Å². The van der Waals surface area contributed by atoms with Crippen LogP contribution in [0.4, 0.5) is 0 Å². The number of aliphatic hydroxyl groups is 1. The Bertz CT molecular complexity index is 549. The summed E-state index contributed by atoms with van der Waals surface area (Å²) < 4.78 is 1.52. The average Bonchev–Trinajstić information content (AvgIpc) is 2.31. The smallest absolute Gasteiger partial charge is 0.205 e. The van der Waals surface area contributed by atoms with Crippen molar-refractivity contribution in [3.8, 4) is 5.69 Å². The van der Waals surface area contributed by atoms with Crippen molar-refractivity contribution < 1.29 is 5.11 Å². The summed E-state index contributed by atoms with van der Waals surface area (Å²) in [5, 5.41) is 13.6. The third-order valence-corrected chi connectivity index (χ3v) is 2.37. The molecule has 2 rings (SSSR count). The Balaban J connectivity index is 2.48. The highest BCUT2D eigenvalue weighted by molar-refractivity contribution is 6.30. The lowest BCUT2D eigenvalue weighted by molar-refractivity contribution is 0.273. The second-order valence-corrected chi connectivity index (χ2v) is 3.64. The first-order chi connectivity index (χ1) is 7.70. The van der Waals surface area contributed by atoms with Gasteiger partial charge in [0.15, 0.2) is 0 Å². The highest BCUT2D eigenvalue weighted by Crippen LogP contribution is 2.11. The van der Waals surface area contributed by atoms with E-state index in [1.54, 1.807) is 30.5 Å². The van der Waals surface area contributed by atoms with Crippen LogP contribution in [0.25, 0.3) is 5.69 Å². The maximum absolute atomic E-state index is 11.2. The molecule has 5 heteroatoms. The molecule has 0 atom stereocenters. The van der Waals surface area contributed by atoms with E-state index in [1.807, 2.05) is 0 Å². The summed E-state index contributed by atoms with van der Waals surface area (Å²) in [5.41, 5.74) is 0.629. The minimum absolute atomic E-state index is 0.123. The van der Waals surface area contributed by atoms with Crippen LogP contribution in [0.1, 0.15) is 5.69 Å². The van der Waals surface area contributed by atoms with Crippen molar-refractivity contribution in [2.24, 2.45) is 0 Å². The third kappa shape index (κ3) is 2.13. The number of rotatable bonds is 2. The Hall–Kier alpha value is -1.65. The number of aliphatic hydroxyl groups excluding tert-OH is 1. The van der Waals surface area contributed by atoms with E-state index in [2.05, 4.69) is 5.10 Å². The first-order valence-corrected chi connectivity index (χ1v) is 5.04. The summed E-state index contributed by atoms with van der Waals surface area (Å²) in [5.74, 6) is 0. The van der Waals surface area contributed by atoms with E-state index in [0.717, 1.165) is 5.69 Å². The van der Waals surface area contributed by atoms with Crippen LogP contribution in [0.15, 0.2) is 41.3 Å². The van der Waals surface area contributed by atoms with E-state index in [4.69, 9.17) is 16.7 Å². The molecule has 0 bridgehead atoms. The van der Waals surface area contributed by atoms with Crippen molar-refractivity contribution in [2.45, 2.75) is 6.61 Å². The molecule has 0 saturated carbocycles. The molecular weight excluding hydrogens is 228 g/mol. The molecule has 0 saturated heterocycles. The van der Waals surface area contributed by atoms with Gasteiger partial charge in [-0.1, -0.05) is 11.6 Å². The van der Waals surface area contributed by atoms with Crippen molar-refractivity contribution in [1.29, 1.82) is 0 Å². The third-order valence-electron chi connectivity index (χ3n) is 2.12. The highest BCUT2D eigenvalue weighted by atomic mass is 35.5. The Morgan fingerprint density at radius 1 is 1.25 bits per heavy atom. The number of halogens is 1. The van der Waals surface area contributed by atoms with Gasteiger partial charge in [-0.05, 0) is 24.3 Å². The fraction of sp³-hybridized carbons (Fsp3) is 0.0909. The molecule has 16 heavy (non-hydrogen) atoms. The Morgan fingerprint density at radius 2 is 1.94 bits per heavy atom. The maximum atomic E-state index is 11.2. The summed E-state index contributed by atoms with van der Waals surface area (Å²) in [6.45, 7) is -0.368. The highest BCUT2D eigenvalue weighted by Gasteiger charge is 2.02. The molecule has 0 amide bonds. The van der Waals surface area contributed by atoms with Gasteiger partial charge in [0.2, 0.25) is 5.43 Å². The Morgan fingerprint density at radius 3 is 2.56 bits per heavy atom. The van der Waals surface area contributed by atoms with E-state index in [-0.39, 0.29) is 17.7 Å². The molecule has 0 aliphatic rings. The van der Waals surface area contributed by atoms with Crippen molar-refractivity contribution in [3.05, 3.63) is 57.5 Å². The SMILES string of the molecule is O=c1ccn(-c2ccc(Cl)cc2)nc1CO. The van der Waals surface area contributed by atoms with Crippen LogP contribution in [0.2, 0.25) is 5.02 Å². The number of nitrogens with zero attached hydrogens (tertiary/aromatic N) is 2. The summed E-state index contributed by atoms with van der Waals surface area (Å²) in [6, 6.07) is 8.39. The van der Waals surface area contributed by atoms with Crippen molar-refractivity contribution in [1.82, 2.24) is 9.78 Å². The van der Waals surface area contributed by atoms with E-state index in [1.165, 1.54) is 10.7 Å². The fourth-order valence-corrected chi connectivity index (χ4v) is 1.42. The lowest BCUT2D eigenvalue weighted by atomic mass is 10.3. The molecule has 0 radical (unpaired) electrons. The molecule has 0 spiro atoms. The number of hydrogen-bond acceptors (Lipinski definition) is 3. The first-order valence-electron chi connectivity index (χ1n) is 4.66. The van der Waals surface area contributed by atoms with Gasteiger partial charge in [-0.25, -0.2) is 4.68 Å². The van der Waals surface area contributed by atoms with Gasteiger partial charge in [0.1, 0.15) is 5.69 Å². The molecule has 1 N–H and O–H groups in total. The zero-order chi connectivity index (χ0) is 11.5. The topological polar surface area (TPSA) is 55.1 Å². The number of aromatic nitrogens is 2. The Kier molecular flexibility index (Phi) is 3.03. The first kappa shape index (κ1) is 10.9. The van der Waals surface area contributed by atoms with Crippen LogP contribution in [0.3, 0.4) is 0 Å². The lowest BCUT2D eigenvalue weighted by Gasteiger charge is -2.05. The quantitative estimate of drug-likeness (QED) is 0.857. The van der Waals surface area contributed by atoms with Gasteiger partial charge in [0, 0.05) is 17.3 Å². The molecule has 0 aliphatic heterocycles. The molecular formula is C11H9ClN2O2. The van der Waals surface area contributed by atoms with Crippen LogP contribution >= 0.6 is 11.6 Å². The normalized spacial score (nSPS) is 10.4. The zero-order valence-electron chi connectivity index (χ0n) is 8.30. The summed E-state index contributed by atoms with van der Waals surface area (Å²) in [6.07, 6.45) is 1.55. The second kappa shape index (κ2) is 4.47. The van der Waals surface area contributed by atoms with Crippen LogP contribution in [0, 0.1) is 0 Å². The lowest BCUT2D eigenvalue weighted by Crippen LogP contribution is -2.15. The van der Waals surface area contributed by atoms with Crippen molar-refractivity contribution in [2.75, 3.05) is 0 Å². The van der Waals surface area contributed by atoms with Gasteiger partial charge in [-0.3, -0.25) is 4.79 Å². The van der Waals surface area contributed by atoms with Crippen LogP contribution in [-0.2, 0) is 6.61 Å². The predicted molar refractivity (Wildman–Crippen MR) is 60.8 cm³/mol. The zero-order valence-corrected chi connectivity index (χ0v) is 9.05. The van der Waals surface area contributed by atoms with E-state index >= 15 is 0 Å². The fourth-order valence-electron chi connectivity index (χ4n) is 1.29. The van der Waals surface area contributed by atoms with Gasteiger partial charge >= 0.3 is 0 Å². The summed E-state index contributed by atoms with van der Waals surface area (Å²) in [4.78, 5) is 11.2. The monoisotopic (exact) mass is 236 g/mol. The van der Waals surface area contributed by atoms with Crippen LogP contribution in [0.5, 0.6) is 0 Å². The van der Waals surface area contributed by atoms with Gasteiger partial charge in [0.25, 0.3) is 0 Å². The molecule has 2 aromatic rings. The minimum atomic E-state index is -0.368. The van der Waals surface area contributed by atoms with E-state index < -0.39 is 0 Å². The molecule has 1 aromatic carbocycles. The van der Waals surface area contributed by atoms with Gasteiger partial charge < -0.3 is 5.11 Å². The maximum Gasteiger partial charge on any atom is 0.205 e. The molecule has 82 valence electrons. The van der Waals surface area contributed by atoms with Crippen LogP contribution < -0.4 is 5.43 Å².